The van der Waals surface area contributed by atoms with Crippen LogP contribution < -0.4 is 5.56 Å². The molecule has 128 valence electrons. The minimum absolute atomic E-state index is 0.0683. The molecule has 1 unspecified atom stereocenters. The van der Waals surface area contributed by atoms with Gasteiger partial charge >= 0.3 is 0 Å². The SMILES string of the molecule is Cc1[nH]n(C)c(=O)c1C(=O)C1CC(C)(C)c2ccccc2S1(=O)=O. The molecular weight excluding hydrogens is 328 g/mol. The smallest absolute Gasteiger partial charge is 0.277 e. The quantitative estimate of drug-likeness (QED) is 0.837. The van der Waals surface area contributed by atoms with Gasteiger partial charge in [0.2, 0.25) is 0 Å². The Hall–Kier alpha value is -2.15. The van der Waals surface area contributed by atoms with Gasteiger partial charge in [-0.2, -0.15) is 0 Å². The molecule has 0 spiro atoms. The fraction of sp³-hybridized carbons (Fsp3) is 0.412. The fourth-order valence-electron chi connectivity index (χ4n) is 3.48. The van der Waals surface area contributed by atoms with Gasteiger partial charge in [-0.25, -0.2) is 8.42 Å². The second-order valence-corrected chi connectivity index (χ2v) is 9.06. The normalized spacial score (nSPS) is 21.2. The van der Waals surface area contributed by atoms with Crippen molar-refractivity contribution >= 4 is 15.6 Å². The number of benzene rings is 1. The third kappa shape index (κ3) is 2.26. The van der Waals surface area contributed by atoms with Crippen LogP contribution in [0.3, 0.4) is 0 Å². The monoisotopic (exact) mass is 348 g/mol. The Balaban J connectivity index is 2.20. The molecule has 0 radical (unpaired) electrons. The topological polar surface area (TPSA) is 89.0 Å². The molecule has 24 heavy (non-hydrogen) atoms. The maximum absolute atomic E-state index is 13.0. The number of sulfone groups is 1. The van der Waals surface area contributed by atoms with Crippen LogP contribution in [-0.2, 0) is 22.3 Å². The number of aromatic amines is 1. The molecule has 0 fully saturated rings. The Bertz CT molecular complexity index is 996. The summed E-state index contributed by atoms with van der Waals surface area (Å²) in [5.74, 6) is -0.628. The number of nitrogens with one attached hydrogen (secondary N) is 1. The predicted octanol–water partition coefficient (Wildman–Crippen LogP) is 1.73. The number of fused-ring (bicyclic) bond motifs is 1. The van der Waals surface area contributed by atoms with E-state index in [1.807, 2.05) is 13.8 Å². The average Bonchev–Trinajstić information content (AvgIpc) is 2.76. The number of Topliss-reactive ketones (excluding diaryl/α,β-unsaturated/α-hetero) is 1. The summed E-state index contributed by atoms with van der Waals surface area (Å²) in [4.78, 5) is 25.3. The number of carbonyl (C=O) groups excluding carboxylic acids is 1. The van der Waals surface area contributed by atoms with E-state index in [2.05, 4.69) is 5.10 Å². The summed E-state index contributed by atoms with van der Waals surface area (Å²) in [6.07, 6.45) is 0.152. The molecule has 2 aromatic rings. The van der Waals surface area contributed by atoms with E-state index < -0.39 is 31.8 Å². The largest absolute Gasteiger partial charge is 0.300 e. The molecule has 0 saturated carbocycles. The molecule has 1 aliphatic heterocycles. The second-order valence-electron chi connectivity index (χ2n) is 6.96. The third-order valence-corrected chi connectivity index (χ3v) is 6.86. The second kappa shape index (κ2) is 5.17. The predicted molar refractivity (Wildman–Crippen MR) is 90.2 cm³/mol. The first-order valence-corrected chi connectivity index (χ1v) is 9.25. The van der Waals surface area contributed by atoms with Crippen LogP contribution in [0.15, 0.2) is 34.0 Å². The van der Waals surface area contributed by atoms with E-state index in [0.717, 1.165) is 0 Å². The molecule has 1 aromatic carbocycles. The lowest BCUT2D eigenvalue weighted by Gasteiger charge is -2.36. The van der Waals surface area contributed by atoms with Crippen LogP contribution in [0.4, 0.5) is 0 Å². The molecule has 1 aromatic heterocycles. The van der Waals surface area contributed by atoms with Gasteiger partial charge in [0.1, 0.15) is 10.8 Å². The number of aryl methyl sites for hydroxylation is 2. The Morgan fingerprint density at radius 3 is 2.50 bits per heavy atom. The Kier molecular flexibility index (Phi) is 3.60. The highest BCUT2D eigenvalue weighted by atomic mass is 32.2. The number of nitrogens with zero attached hydrogens (tertiary/aromatic N) is 1. The molecule has 0 saturated heterocycles. The lowest BCUT2D eigenvalue weighted by atomic mass is 9.79. The molecule has 7 heteroatoms. The van der Waals surface area contributed by atoms with Crippen molar-refractivity contribution < 1.29 is 13.2 Å². The third-order valence-electron chi connectivity index (χ3n) is 4.76. The van der Waals surface area contributed by atoms with Gasteiger partial charge < -0.3 is 0 Å². The van der Waals surface area contributed by atoms with Crippen LogP contribution in [0.1, 0.15) is 41.9 Å². The molecular formula is C17H20N2O4S. The Labute approximate surface area is 140 Å². The summed E-state index contributed by atoms with van der Waals surface area (Å²) in [7, 11) is -2.34. The fourth-order valence-corrected chi connectivity index (χ4v) is 5.74. The van der Waals surface area contributed by atoms with Crippen LogP contribution in [0.2, 0.25) is 0 Å². The van der Waals surface area contributed by atoms with E-state index in [-0.39, 0.29) is 16.9 Å². The van der Waals surface area contributed by atoms with Gasteiger partial charge in [-0.1, -0.05) is 32.0 Å². The molecule has 1 aliphatic rings. The highest BCUT2D eigenvalue weighted by Gasteiger charge is 2.47. The van der Waals surface area contributed by atoms with E-state index in [1.54, 1.807) is 25.1 Å². The highest BCUT2D eigenvalue weighted by molar-refractivity contribution is 7.93. The summed E-state index contributed by atoms with van der Waals surface area (Å²) in [6.45, 7) is 5.44. The Morgan fingerprint density at radius 1 is 1.29 bits per heavy atom. The van der Waals surface area contributed by atoms with Gasteiger partial charge in [0.05, 0.1) is 4.90 Å². The number of carbonyl (C=O) groups is 1. The van der Waals surface area contributed by atoms with E-state index in [0.29, 0.717) is 11.3 Å². The van der Waals surface area contributed by atoms with Gasteiger partial charge in [0.25, 0.3) is 5.56 Å². The van der Waals surface area contributed by atoms with Crippen molar-refractivity contribution in [2.45, 2.75) is 42.8 Å². The van der Waals surface area contributed by atoms with Crippen molar-refractivity contribution in [1.82, 2.24) is 9.78 Å². The number of aromatic nitrogens is 2. The van der Waals surface area contributed by atoms with Gasteiger partial charge in [-0.05, 0) is 30.4 Å². The summed E-state index contributed by atoms with van der Waals surface area (Å²) < 4.78 is 27.2. The molecule has 6 nitrogen and oxygen atoms in total. The molecule has 0 bridgehead atoms. The zero-order chi connectivity index (χ0) is 17.9. The number of rotatable bonds is 2. The molecule has 3 rings (SSSR count). The first-order valence-electron chi connectivity index (χ1n) is 7.70. The van der Waals surface area contributed by atoms with Crippen molar-refractivity contribution in [3.63, 3.8) is 0 Å². The number of H-pyrrole nitrogens is 1. The molecule has 0 amide bonds. The lowest BCUT2D eigenvalue weighted by molar-refractivity contribution is 0.0972. The minimum Gasteiger partial charge on any atom is -0.300 e. The van der Waals surface area contributed by atoms with E-state index in [1.165, 1.54) is 17.8 Å². The van der Waals surface area contributed by atoms with Crippen LogP contribution >= 0.6 is 0 Å². The van der Waals surface area contributed by atoms with Gasteiger partial charge in [0, 0.05) is 12.7 Å². The van der Waals surface area contributed by atoms with Crippen LogP contribution in [0, 0.1) is 6.92 Å². The molecule has 0 aliphatic carbocycles. The summed E-state index contributed by atoms with van der Waals surface area (Å²) in [5, 5.41) is 1.51. The number of hydrogen-bond acceptors (Lipinski definition) is 4. The Morgan fingerprint density at radius 2 is 1.92 bits per heavy atom. The van der Waals surface area contributed by atoms with Crippen molar-refractivity contribution in [2.24, 2.45) is 7.05 Å². The van der Waals surface area contributed by atoms with Gasteiger partial charge in [0.15, 0.2) is 15.6 Å². The average molecular weight is 348 g/mol. The summed E-state index contributed by atoms with van der Waals surface area (Å²) >= 11 is 0. The first-order chi connectivity index (χ1) is 11.1. The maximum atomic E-state index is 13.0. The van der Waals surface area contributed by atoms with Crippen LogP contribution in [-0.4, -0.2) is 29.2 Å². The van der Waals surface area contributed by atoms with E-state index in [4.69, 9.17) is 0 Å². The van der Waals surface area contributed by atoms with Crippen LogP contribution in [0.5, 0.6) is 0 Å². The zero-order valence-corrected chi connectivity index (χ0v) is 14.9. The standard InChI is InChI=1S/C17H20N2O4S/c1-10-14(16(21)19(4)18-10)15(20)13-9-17(2,3)11-7-5-6-8-12(11)24(13,22)23/h5-8,13,18H,9H2,1-4H3. The first kappa shape index (κ1) is 16.7. The number of hydrogen-bond donors (Lipinski definition) is 1. The van der Waals surface area contributed by atoms with Gasteiger partial charge in [-0.3, -0.25) is 19.4 Å². The van der Waals surface area contributed by atoms with Crippen molar-refractivity contribution in [2.75, 3.05) is 0 Å². The highest BCUT2D eigenvalue weighted by Crippen LogP contribution is 2.42. The molecule has 2 heterocycles. The number of ketones is 1. The van der Waals surface area contributed by atoms with Crippen molar-refractivity contribution in [1.29, 1.82) is 0 Å². The zero-order valence-electron chi connectivity index (χ0n) is 14.1. The summed E-state index contributed by atoms with van der Waals surface area (Å²) in [6, 6.07) is 6.77. The minimum atomic E-state index is -3.84. The lowest BCUT2D eigenvalue weighted by Crippen LogP contribution is -2.43. The van der Waals surface area contributed by atoms with Crippen LogP contribution in [0.25, 0.3) is 0 Å². The van der Waals surface area contributed by atoms with Gasteiger partial charge in [-0.15, -0.1) is 0 Å². The molecule has 1 atom stereocenters. The van der Waals surface area contributed by atoms with E-state index in [9.17, 15) is 18.0 Å². The summed E-state index contributed by atoms with van der Waals surface area (Å²) in [5.41, 5.74) is 0.0650. The van der Waals surface area contributed by atoms with E-state index >= 15 is 0 Å². The van der Waals surface area contributed by atoms with Crippen molar-refractivity contribution in [3.8, 4) is 0 Å². The molecule has 1 N–H and O–H groups in total. The maximum Gasteiger partial charge on any atom is 0.277 e. The van der Waals surface area contributed by atoms with Crippen molar-refractivity contribution in [3.05, 3.63) is 51.4 Å².